The molecular weight excluding hydrogens is 254 g/mol. The third kappa shape index (κ3) is 2.28. The van der Waals surface area contributed by atoms with E-state index in [1.54, 1.807) is 10.9 Å². The van der Waals surface area contributed by atoms with Crippen molar-refractivity contribution in [3.05, 3.63) is 11.9 Å². The van der Waals surface area contributed by atoms with Crippen molar-refractivity contribution >= 4 is 11.6 Å². The van der Waals surface area contributed by atoms with Gasteiger partial charge in [0.15, 0.2) is 0 Å². The van der Waals surface area contributed by atoms with E-state index in [0.29, 0.717) is 24.0 Å². The van der Waals surface area contributed by atoms with Gasteiger partial charge in [0.2, 0.25) is 0 Å². The van der Waals surface area contributed by atoms with Crippen molar-refractivity contribution in [2.45, 2.75) is 51.2 Å². The second-order valence-corrected chi connectivity index (χ2v) is 5.73. The molecule has 0 spiro atoms. The van der Waals surface area contributed by atoms with E-state index in [4.69, 9.17) is 5.73 Å². The molecule has 0 aliphatic carbocycles. The molecule has 2 unspecified atom stereocenters. The lowest BCUT2D eigenvalue weighted by Crippen LogP contribution is -2.47. The summed E-state index contributed by atoms with van der Waals surface area (Å²) in [5, 5.41) is 7.31. The summed E-state index contributed by atoms with van der Waals surface area (Å²) in [6, 6.07) is 0.759. The Bertz CT molecular complexity index is 498. The number of amides is 1. The number of aryl methyl sites for hydroxylation is 1. The number of aromatic nitrogens is 2. The highest BCUT2D eigenvalue weighted by atomic mass is 16.2. The Morgan fingerprint density at radius 2 is 2.30 bits per heavy atom. The SMILES string of the molecule is CCn1ncc(N)c1C(=O)NC1CCN2CCCCC12. The Kier molecular flexibility index (Phi) is 3.65. The first-order valence-corrected chi connectivity index (χ1v) is 7.57. The van der Waals surface area contributed by atoms with Crippen molar-refractivity contribution in [2.75, 3.05) is 18.8 Å². The number of carbonyl (C=O) groups excluding carboxylic acids is 1. The minimum absolute atomic E-state index is 0.0840. The van der Waals surface area contributed by atoms with E-state index < -0.39 is 0 Å². The van der Waals surface area contributed by atoms with Gasteiger partial charge in [-0.25, -0.2) is 0 Å². The van der Waals surface area contributed by atoms with E-state index in [9.17, 15) is 4.79 Å². The van der Waals surface area contributed by atoms with Gasteiger partial charge < -0.3 is 11.1 Å². The lowest BCUT2D eigenvalue weighted by atomic mass is 9.99. The molecule has 110 valence electrons. The molecule has 6 heteroatoms. The highest BCUT2D eigenvalue weighted by molar-refractivity contribution is 5.97. The molecular formula is C14H23N5O. The van der Waals surface area contributed by atoms with E-state index in [0.717, 1.165) is 13.0 Å². The smallest absolute Gasteiger partial charge is 0.271 e. The first-order chi connectivity index (χ1) is 9.70. The van der Waals surface area contributed by atoms with Crippen molar-refractivity contribution in [3.63, 3.8) is 0 Å². The number of rotatable bonds is 3. The van der Waals surface area contributed by atoms with E-state index in [-0.39, 0.29) is 11.9 Å². The molecule has 1 aromatic heterocycles. The monoisotopic (exact) mass is 277 g/mol. The van der Waals surface area contributed by atoms with Crippen molar-refractivity contribution in [1.29, 1.82) is 0 Å². The molecule has 1 aromatic rings. The van der Waals surface area contributed by atoms with Gasteiger partial charge in [0.05, 0.1) is 11.9 Å². The number of hydrogen-bond acceptors (Lipinski definition) is 4. The van der Waals surface area contributed by atoms with Gasteiger partial charge in [0.1, 0.15) is 5.69 Å². The highest BCUT2D eigenvalue weighted by Crippen LogP contribution is 2.27. The lowest BCUT2D eigenvalue weighted by Gasteiger charge is -2.32. The minimum Gasteiger partial charge on any atom is -0.396 e. The molecule has 0 saturated carbocycles. The van der Waals surface area contributed by atoms with Gasteiger partial charge in [-0.2, -0.15) is 5.10 Å². The molecule has 2 aliphatic rings. The van der Waals surface area contributed by atoms with Gasteiger partial charge in [-0.15, -0.1) is 0 Å². The number of hydrogen-bond donors (Lipinski definition) is 2. The zero-order valence-electron chi connectivity index (χ0n) is 12.0. The zero-order chi connectivity index (χ0) is 14.1. The van der Waals surface area contributed by atoms with Crippen LogP contribution in [0.4, 0.5) is 5.69 Å². The average molecular weight is 277 g/mol. The Hall–Kier alpha value is -1.56. The van der Waals surface area contributed by atoms with Gasteiger partial charge in [-0.05, 0) is 32.7 Å². The third-order valence-electron chi connectivity index (χ3n) is 4.55. The molecule has 1 amide bonds. The summed E-state index contributed by atoms with van der Waals surface area (Å²) in [5.74, 6) is -0.0840. The molecule has 2 aliphatic heterocycles. The van der Waals surface area contributed by atoms with Crippen LogP contribution in [0.2, 0.25) is 0 Å². The Morgan fingerprint density at radius 3 is 3.10 bits per heavy atom. The molecule has 2 saturated heterocycles. The summed E-state index contributed by atoms with van der Waals surface area (Å²) in [4.78, 5) is 15.0. The first kappa shape index (κ1) is 13.4. The van der Waals surface area contributed by atoms with Crippen LogP contribution in [0.5, 0.6) is 0 Å². The maximum atomic E-state index is 12.5. The Morgan fingerprint density at radius 1 is 1.45 bits per heavy atom. The second-order valence-electron chi connectivity index (χ2n) is 5.73. The van der Waals surface area contributed by atoms with E-state index in [2.05, 4.69) is 15.3 Å². The van der Waals surface area contributed by atoms with E-state index >= 15 is 0 Å². The normalized spacial score (nSPS) is 26.4. The number of anilines is 1. The van der Waals surface area contributed by atoms with Crippen LogP contribution in [0, 0.1) is 0 Å². The number of nitrogens with two attached hydrogens (primary N) is 1. The van der Waals surface area contributed by atoms with Gasteiger partial charge in [-0.1, -0.05) is 6.42 Å². The van der Waals surface area contributed by atoms with Crippen molar-refractivity contribution in [1.82, 2.24) is 20.0 Å². The zero-order valence-corrected chi connectivity index (χ0v) is 12.0. The predicted octanol–water partition coefficient (Wildman–Crippen LogP) is 0.842. The number of nitrogen functional groups attached to an aromatic ring is 1. The third-order valence-corrected chi connectivity index (χ3v) is 4.55. The Labute approximate surface area is 119 Å². The molecule has 0 radical (unpaired) electrons. The van der Waals surface area contributed by atoms with Crippen molar-refractivity contribution in [2.24, 2.45) is 0 Å². The number of fused-ring (bicyclic) bond motifs is 1. The van der Waals surface area contributed by atoms with Crippen LogP contribution in [0.1, 0.15) is 43.1 Å². The van der Waals surface area contributed by atoms with Crippen molar-refractivity contribution < 1.29 is 4.79 Å². The molecule has 3 N–H and O–H groups in total. The van der Waals surface area contributed by atoms with Gasteiger partial charge in [-0.3, -0.25) is 14.4 Å². The largest absolute Gasteiger partial charge is 0.396 e. The molecule has 6 nitrogen and oxygen atoms in total. The minimum atomic E-state index is -0.0840. The summed E-state index contributed by atoms with van der Waals surface area (Å²) < 4.78 is 1.66. The fraction of sp³-hybridized carbons (Fsp3) is 0.714. The molecule has 3 heterocycles. The predicted molar refractivity (Wildman–Crippen MR) is 77.4 cm³/mol. The number of carbonyl (C=O) groups is 1. The second kappa shape index (κ2) is 5.44. The van der Waals surface area contributed by atoms with Crippen LogP contribution in [-0.2, 0) is 6.54 Å². The quantitative estimate of drug-likeness (QED) is 0.858. The average Bonchev–Trinajstić information content (AvgIpc) is 3.03. The Balaban J connectivity index is 1.71. The maximum Gasteiger partial charge on any atom is 0.271 e. The molecule has 0 aromatic carbocycles. The highest BCUT2D eigenvalue weighted by Gasteiger charge is 2.36. The van der Waals surface area contributed by atoms with Crippen LogP contribution in [0.25, 0.3) is 0 Å². The summed E-state index contributed by atoms with van der Waals surface area (Å²) in [6.07, 6.45) is 6.33. The maximum absolute atomic E-state index is 12.5. The fourth-order valence-electron chi connectivity index (χ4n) is 3.54. The lowest BCUT2D eigenvalue weighted by molar-refractivity contribution is 0.0905. The van der Waals surface area contributed by atoms with Crippen LogP contribution in [0.3, 0.4) is 0 Å². The first-order valence-electron chi connectivity index (χ1n) is 7.57. The molecule has 20 heavy (non-hydrogen) atoms. The van der Waals surface area contributed by atoms with E-state index in [1.807, 2.05) is 6.92 Å². The van der Waals surface area contributed by atoms with E-state index in [1.165, 1.54) is 25.8 Å². The fourth-order valence-corrected chi connectivity index (χ4v) is 3.54. The van der Waals surface area contributed by atoms with Gasteiger partial charge >= 0.3 is 0 Å². The molecule has 2 fully saturated rings. The van der Waals surface area contributed by atoms with Gasteiger partial charge in [0.25, 0.3) is 5.91 Å². The molecule has 3 rings (SSSR count). The van der Waals surface area contributed by atoms with Crippen LogP contribution in [0.15, 0.2) is 6.20 Å². The van der Waals surface area contributed by atoms with Crippen molar-refractivity contribution in [3.8, 4) is 0 Å². The number of nitrogens with zero attached hydrogens (tertiary/aromatic N) is 3. The van der Waals surface area contributed by atoms with Crippen LogP contribution < -0.4 is 11.1 Å². The number of piperidine rings is 1. The topological polar surface area (TPSA) is 76.2 Å². The molecule has 2 atom stereocenters. The summed E-state index contributed by atoms with van der Waals surface area (Å²) >= 11 is 0. The standard InChI is InChI=1S/C14H23N5O/c1-2-19-13(10(15)9-16-19)14(20)17-11-6-8-18-7-4-3-5-12(11)18/h9,11-12H,2-8,15H2,1H3,(H,17,20). The number of nitrogens with one attached hydrogen (secondary N) is 1. The van der Waals surface area contributed by atoms with Crippen LogP contribution in [-0.4, -0.2) is 45.8 Å². The molecule has 0 bridgehead atoms. The summed E-state index contributed by atoms with van der Waals surface area (Å²) in [6.45, 7) is 4.88. The van der Waals surface area contributed by atoms with Crippen LogP contribution >= 0.6 is 0 Å². The summed E-state index contributed by atoms with van der Waals surface area (Å²) in [7, 11) is 0. The summed E-state index contributed by atoms with van der Waals surface area (Å²) in [5.41, 5.74) is 6.83. The van der Waals surface area contributed by atoms with Gasteiger partial charge in [0, 0.05) is 25.2 Å².